The summed E-state index contributed by atoms with van der Waals surface area (Å²) in [6.07, 6.45) is 6.39. The lowest BCUT2D eigenvalue weighted by atomic mass is 10.1. The lowest BCUT2D eigenvalue weighted by molar-refractivity contribution is -0.394. The van der Waals surface area contributed by atoms with Crippen molar-refractivity contribution in [1.82, 2.24) is 9.80 Å². The highest BCUT2D eigenvalue weighted by Crippen LogP contribution is 2.33. The number of nitrogens with one attached hydrogen (secondary N) is 1. The van der Waals surface area contributed by atoms with E-state index in [1.807, 2.05) is 18.2 Å². The Hall–Kier alpha value is -2.45. The van der Waals surface area contributed by atoms with Crippen molar-refractivity contribution in [2.45, 2.75) is 69.7 Å². The van der Waals surface area contributed by atoms with Gasteiger partial charge in [-0.25, -0.2) is 4.79 Å². The summed E-state index contributed by atoms with van der Waals surface area (Å²) in [6.45, 7) is 4.19. The Morgan fingerprint density at radius 3 is 2.66 bits per heavy atom. The molecule has 0 spiro atoms. The topological polar surface area (TPSA) is 93.3 Å². The molecule has 0 radical (unpaired) electrons. The largest absolute Gasteiger partial charge is 0.489 e. The predicted octanol–water partition coefficient (Wildman–Crippen LogP) is 0.781. The number of benzene rings is 1. The van der Waals surface area contributed by atoms with Crippen LogP contribution in [-0.2, 0) is 16.1 Å². The van der Waals surface area contributed by atoms with Gasteiger partial charge in [0.05, 0.1) is 6.42 Å². The number of nitrogens with zero attached hydrogens (tertiary/aromatic N) is 2. The molecule has 3 atom stereocenters. The lowest BCUT2D eigenvalue weighted by Crippen LogP contribution is -2.82. The van der Waals surface area contributed by atoms with E-state index in [-0.39, 0.29) is 23.8 Å². The molecule has 1 aromatic carbocycles. The zero-order valence-electron chi connectivity index (χ0n) is 18.4. The van der Waals surface area contributed by atoms with E-state index in [0.29, 0.717) is 31.0 Å². The number of aliphatic hydroxyl groups is 1. The van der Waals surface area contributed by atoms with Crippen LogP contribution < -0.4 is 9.73 Å². The van der Waals surface area contributed by atoms with Gasteiger partial charge in [0.2, 0.25) is 0 Å². The molecule has 2 amide bonds. The van der Waals surface area contributed by atoms with Gasteiger partial charge in [0.1, 0.15) is 11.9 Å². The zero-order valence-corrected chi connectivity index (χ0v) is 18.4. The van der Waals surface area contributed by atoms with Crippen LogP contribution in [0.1, 0.15) is 60.9 Å². The van der Waals surface area contributed by atoms with Crippen molar-refractivity contribution in [2.75, 3.05) is 26.3 Å². The van der Waals surface area contributed by atoms with Crippen molar-refractivity contribution >= 4 is 17.7 Å². The molecule has 0 bridgehead atoms. The number of hydrogen-bond donors (Lipinski definition) is 2. The Morgan fingerprint density at radius 1 is 1.06 bits per heavy atom. The molecule has 1 unspecified atom stereocenters. The van der Waals surface area contributed by atoms with Crippen molar-refractivity contribution in [3.8, 4) is 5.75 Å². The van der Waals surface area contributed by atoms with Gasteiger partial charge >= 0.3 is 11.8 Å². The molecule has 3 aliphatic heterocycles. The summed E-state index contributed by atoms with van der Waals surface area (Å²) in [4.78, 5) is 31.1. The number of carbonyl (C=O) groups excluding carboxylic acids is 2. The molecule has 1 saturated carbocycles. The van der Waals surface area contributed by atoms with Gasteiger partial charge in [0, 0.05) is 44.5 Å². The molecule has 8 heteroatoms. The molecular weight excluding hydrogens is 410 g/mol. The monoisotopic (exact) mass is 442 g/mol. The molecule has 172 valence electrons. The smallest absolute Gasteiger partial charge is 0.388 e. The molecular formula is C24H32N3O5+. The quantitative estimate of drug-likeness (QED) is 0.716. The summed E-state index contributed by atoms with van der Waals surface area (Å²) >= 11 is 0. The Bertz CT molecular complexity index is 909. The minimum Gasteiger partial charge on any atom is -0.489 e. The van der Waals surface area contributed by atoms with E-state index in [1.54, 1.807) is 4.90 Å². The van der Waals surface area contributed by atoms with E-state index >= 15 is 0 Å². The predicted molar refractivity (Wildman–Crippen MR) is 117 cm³/mol. The molecule has 4 aliphatic rings. The first kappa shape index (κ1) is 21.4. The number of ether oxygens (including phenoxy) is 2. The van der Waals surface area contributed by atoms with Gasteiger partial charge in [0.15, 0.2) is 6.04 Å². The van der Waals surface area contributed by atoms with Crippen LogP contribution in [0.3, 0.4) is 0 Å². The van der Waals surface area contributed by atoms with Gasteiger partial charge in [0.25, 0.3) is 5.91 Å². The van der Waals surface area contributed by atoms with Crippen LogP contribution in [0.2, 0.25) is 0 Å². The molecule has 1 aliphatic carbocycles. The van der Waals surface area contributed by atoms with Crippen LogP contribution >= 0.6 is 0 Å². The Morgan fingerprint density at radius 2 is 1.88 bits per heavy atom. The molecule has 8 nitrogen and oxygen atoms in total. The maximum absolute atomic E-state index is 12.9. The summed E-state index contributed by atoms with van der Waals surface area (Å²) in [5.74, 6) is 0.347. The van der Waals surface area contributed by atoms with Gasteiger partial charge in [-0.1, -0.05) is 0 Å². The van der Waals surface area contributed by atoms with E-state index in [2.05, 4.69) is 9.89 Å². The van der Waals surface area contributed by atoms with Crippen LogP contribution in [0.15, 0.2) is 18.2 Å². The van der Waals surface area contributed by atoms with E-state index in [1.165, 1.54) is 6.42 Å². The van der Waals surface area contributed by atoms with E-state index in [4.69, 9.17) is 9.47 Å². The molecule has 1 aromatic rings. The number of amides is 2. The molecule has 0 aromatic heterocycles. The SMILES string of the molecule is O=C1CCC(N2Cc3cc(O[C@@H]4CCC[C@H]4N4CCCOCCC4)ccc3C2=O)C(O)=[NH+]1. The minimum atomic E-state index is -0.479. The fourth-order valence-corrected chi connectivity index (χ4v) is 5.56. The second-order valence-corrected chi connectivity index (χ2v) is 9.25. The van der Waals surface area contributed by atoms with Crippen molar-refractivity contribution in [3.05, 3.63) is 29.3 Å². The fourth-order valence-electron chi connectivity index (χ4n) is 5.56. The minimum absolute atomic E-state index is 0.110. The third-order valence-electron chi connectivity index (χ3n) is 7.16. The molecule has 2 N–H and O–H groups in total. The Kier molecular flexibility index (Phi) is 6.15. The average Bonchev–Trinajstić information content (AvgIpc) is 3.32. The first-order valence-corrected chi connectivity index (χ1v) is 11.9. The fraction of sp³-hybridized carbons (Fsp3) is 0.625. The van der Waals surface area contributed by atoms with Crippen molar-refractivity contribution in [1.29, 1.82) is 0 Å². The summed E-state index contributed by atoms with van der Waals surface area (Å²) in [5, 5.41) is 10.2. The number of aliphatic hydroxyl groups excluding tert-OH is 1. The Balaban J connectivity index is 1.28. The molecule has 1 saturated heterocycles. The van der Waals surface area contributed by atoms with Gasteiger partial charge in [-0.2, -0.15) is 0 Å². The maximum atomic E-state index is 12.9. The standard InChI is InChI=1S/C24H31N3O5/c28-22-9-8-20(23(29)25-22)27-15-16-14-17(6-7-18(16)24(27)30)32-21-5-1-4-19(21)26-10-2-12-31-13-3-11-26/h6-7,14,19-21H,1-5,8-13,15H2,(H,25,28,29)/p+1/t19-,20?,21-/m1/s1. The highest BCUT2D eigenvalue weighted by atomic mass is 16.5. The van der Waals surface area contributed by atoms with Gasteiger partial charge in [-0.15, -0.1) is 4.99 Å². The number of rotatable bonds is 4. The van der Waals surface area contributed by atoms with Gasteiger partial charge in [-0.05, 0) is 62.3 Å². The first-order valence-electron chi connectivity index (χ1n) is 11.9. The normalized spacial score (nSPS) is 29.4. The highest BCUT2D eigenvalue weighted by Gasteiger charge is 2.41. The highest BCUT2D eigenvalue weighted by molar-refractivity contribution is 6.01. The van der Waals surface area contributed by atoms with Crippen molar-refractivity contribution in [2.24, 2.45) is 0 Å². The van der Waals surface area contributed by atoms with Crippen LogP contribution in [0, 0.1) is 0 Å². The van der Waals surface area contributed by atoms with Gasteiger partial charge < -0.3 is 19.5 Å². The average molecular weight is 443 g/mol. The van der Waals surface area contributed by atoms with E-state index < -0.39 is 6.04 Å². The molecule has 5 rings (SSSR count). The molecule has 32 heavy (non-hydrogen) atoms. The second kappa shape index (κ2) is 9.19. The second-order valence-electron chi connectivity index (χ2n) is 9.25. The summed E-state index contributed by atoms with van der Waals surface area (Å²) in [6, 6.07) is 5.65. The van der Waals surface area contributed by atoms with Crippen molar-refractivity contribution in [3.63, 3.8) is 0 Å². The summed E-state index contributed by atoms with van der Waals surface area (Å²) in [5.41, 5.74) is 1.56. The van der Waals surface area contributed by atoms with Crippen LogP contribution in [-0.4, -0.2) is 77.1 Å². The summed E-state index contributed by atoms with van der Waals surface area (Å²) < 4.78 is 12.1. The van der Waals surface area contributed by atoms with E-state index in [9.17, 15) is 14.7 Å². The van der Waals surface area contributed by atoms with Crippen LogP contribution in [0.25, 0.3) is 0 Å². The summed E-state index contributed by atoms with van der Waals surface area (Å²) in [7, 11) is 0. The maximum Gasteiger partial charge on any atom is 0.388 e. The molecule has 2 fully saturated rings. The van der Waals surface area contributed by atoms with E-state index in [0.717, 1.165) is 63.3 Å². The third-order valence-corrected chi connectivity index (χ3v) is 7.16. The Labute approximate surface area is 188 Å². The first-order chi connectivity index (χ1) is 15.6. The molecule has 3 heterocycles. The zero-order chi connectivity index (χ0) is 22.1. The number of carbonyl (C=O) groups is 2. The van der Waals surface area contributed by atoms with Crippen LogP contribution in [0.5, 0.6) is 5.75 Å². The van der Waals surface area contributed by atoms with Crippen molar-refractivity contribution < 1.29 is 29.2 Å². The third kappa shape index (κ3) is 4.26. The van der Waals surface area contributed by atoms with Crippen LogP contribution in [0.4, 0.5) is 0 Å². The number of fused-ring (bicyclic) bond motifs is 1. The van der Waals surface area contributed by atoms with Gasteiger partial charge in [-0.3, -0.25) is 9.69 Å². The lowest BCUT2D eigenvalue weighted by Gasteiger charge is -2.34. The number of hydrogen-bond acceptors (Lipinski definition) is 5.